The summed E-state index contributed by atoms with van der Waals surface area (Å²) in [6.45, 7) is -0.543. The summed E-state index contributed by atoms with van der Waals surface area (Å²) >= 11 is 7.36. The summed E-state index contributed by atoms with van der Waals surface area (Å²) in [5, 5.41) is 14.4. The van der Waals surface area contributed by atoms with Crippen LogP contribution in [0.5, 0.6) is 0 Å². The van der Waals surface area contributed by atoms with Crippen molar-refractivity contribution in [2.75, 3.05) is 25.1 Å². The van der Waals surface area contributed by atoms with Gasteiger partial charge in [0, 0.05) is 17.6 Å². The minimum absolute atomic E-state index is 0. The van der Waals surface area contributed by atoms with E-state index in [1.54, 1.807) is 11.8 Å². The standard InChI is InChI=1S/C18H26ClN5O6S2.ClH/c1-31-7-6-14(20)17(26)21-9-16(25)22-12-8-15(18(27)23-28)24(10-12)32(29,30)13-4-2-11(19)3-5-13;/h2-5,12,14-15,28H,6-10,20H2,1H3,(H,21,26)(H,22,25)(H,23,27);1H/t12-,14-,15-;/m0./s1. The van der Waals surface area contributed by atoms with Gasteiger partial charge in [0.2, 0.25) is 21.8 Å². The van der Waals surface area contributed by atoms with Crippen molar-refractivity contribution in [2.45, 2.75) is 35.9 Å². The molecule has 6 N–H and O–H groups in total. The molecule has 33 heavy (non-hydrogen) atoms. The number of nitrogens with zero attached hydrogens (tertiary/aromatic N) is 1. The SMILES string of the molecule is CSCC[C@H](N)C(=O)NCC(=O)N[C@H]1C[C@@H](C(=O)NO)N(S(=O)(=O)c2ccc(Cl)cc2)C1.Cl. The van der Waals surface area contributed by atoms with Crippen LogP contribution in [0.2, 0.25) is 5.02 Å². The highest BCUT2D eigenvalue weighted by Crippen LogP contribution is 2.27. The molecular weight excluding hydrogens is 517 g/mol. The van der Waals surface area contributed by atoms with Crippen molar-refractivity contribution >= 4 is 63.5 Å². The monoisotopic (exact) mass is 543 g/mol. The number of amides is 3. The number of carbonyl (C=O) groups is 3. The summed E-state index contributed by atoms with van der Waals surface area (Å²) in [6, 6.07) is 2.71. The molecule has 0 unspecified atom stereocenters. The first-order valence-electron chi connectivity index (χ1n) is 9.63. The Balaban J connectivity index is 0.00000544. The zero-order valence-electron chi connectivity index (χ0n) is 17.7. The lowest BCUT2D eigenvalue weighted by molar-refractivity contribution is -0.132. The van der Waals surface area contributed by atoms with Gasteiger partial charge in [0.25, 0.3) is 5.91 Å². The van der Waals surface area contributed by atoms with Crippen LogP contribution in [0, 0.1) is 0 Å². The van der Waals surface area contributed by atoms with Crippen LogP contribution in [0.15, 0.2) is 29.2 Å². The van der Waals surface area contributed by atoms with Gasteiger partial charge in [0.15, 0.2) is 0 Å². The van der Waals surface area contributed by atoms with Crippen molar-refractivity contribution in [1.82, 2.24) is 20.4 Å². The maximum atomic E-state index is 13.0. The second-order valence-electron chi connectivity index (χ2n) is 7.13. The van der Waals surface area contributed by atoms with Crippen molar-refractivity contribution < 1.29 is 28.0 Å². The lowest BCUT2D eigenvalue weighted by Gasteiger charge is -2.22. The molecule has 3 amide bonds. The molecule has 1 aromatic rings. The molecule has 0 saturated carbocycles. The third-order valence-corrected chi connectivity index (χ3v) is 7.63. The fourth-order valence-electron chi connectivity index (χ4n) is 3.18. The molecule has 1 heterocycles. The van der Waals surface area contributed by atoms with Crippen LogP contribution < -0.4 is 21.8 Å². The fourth-order valence-corrected chi connectivity index (χ4v) is 5.44. The highest BCUT2D eigenvalue weighted by molar-refractivity contribution is 7.98. The van der Waals surface area contributed by atoms with Gasteiger partial charge in [-0.1, -0.05) is 11.6 Å². The molecule has 1 aliphatic heterocycles. The van der Waals surface area contributed by atoms with Crippen molar-refractivity contribution in [3.63, 3.8) is 0 Å². The van der Waals surface area contributed by atoms with Crippen molar-refractivity contribution in [3.05, 3.63) is 29.3 Å². The topological polar surface area (TPSA) is 171 Å². The van der Waals surface area contributed by atoms with E-state index in [0.29, 0.717) is 17.2 Å². The van der Waals surface area contributed by atoms with Crippen molar-refractivity contribution in [1.29, 1.82) is 0 Å². The molecule has 1 saturated heterocycles. The summed E-state index contributed by atoms with van der Waals surface area (Å²) in [5.41, 5.74) is 7.20. The molecule has 0 bridgehead atoms. The molecule has 15 heteroatoms. The van der Waals surface area contributed by atoms with Crippen LogP contribution in [0.1, 0.15) is 12.8 Å². The molecule has 1 aromatic carbocycles. The van der Waals surface area contributed by atoms with Gasteiger partial charge in [-0.25, -0.2) is 13.9 Å². The first-order chi connectivity index (χ1) is 15.1. The van der Waals surface area contributed by atoms with Gasteiger partial charge in [0.05, 0.1) is 17.5 Å². The Morgan fingerprint density at radius 3 is 2.52 bits per heavy atom. The third kappa shape index (κ3) is 7.98. The van der Waals surface area contributed by atoms with E-state index in [4.69, 9.17) is 22.5 Å². The molecule has 0 spiro atoms. The molecule has 11 nitrogen and oxygen atoms in total. The number of nitrogens with one attached hydrogen (secondary N) is 3. The number of hydrogen-bond donors (Lipinski definition) is 5. The molecule has 0 aliphatic carbocycles. The summed E-state index contributed by atoms with van der Waals surface area (Å²) in [4.78, 5) is 36.2. The lowest BCUT2D eigenvalue weighted by atomic mass is 10.1. The van der Waals surface area contributed by atoms with E-state index in [2.05, 4.69) is 10.6 Å². The lowest BCUT2D eigenvalue weighted by Crippen LogP contribution is -2.47. The van der Waals surface area contributed by atoms with E-state index in [-0.39, 0.29) is 36.8 Å². The zero-order chi connectivity index (χ0) is 23.9. The van der Waals surface area contributed by atoms with Crippen molar-refractivity contribution in [2.24, 2.45) is 5.73 Å². The third-order valence-electron chi connectivity index (χ3n) is 4.85. The Morgan fingerprint density at radius 2 is 1.94 bits per heavy atom. The predicted octanol–water partition coefficient (Wildman–Crippen LogP) is -0.288. The number of halogens is 2. The van der Waals surface area contributed by atoms with E-state index in [0.717, 1.165) is 4.31 Å². The molecular formula is C18H27Cl2N5O6S2. The van der Waals surface area contributed by atoms with Gasteiger partial charge in [-0.3, -0.25) is 19.6 Å². The van der Waals surface area contributed by atoms with Gasteiger partial charge in [-0.05, 0) is 49.1 Å². The first kappa shape index (κ1) is 29.4. The Hall–Kier alpha value is -1.61. The van der Waals surface area contributed by atoms with Crippen LogP contribution in [0.3, 0.4) is 0 Å². The first-order valence-corrected chi connectivity index (χ1v) is 12.8. The summed E-state index contributed by atoms with van der Waals surface area (Å²) < 4.78 is 26.9. The average molecular weight is 544 g/mol. The number of hydroxylamine groups is 1. The fraction of sp³-hybridized carbons (Fsp3) is 0.500. The number of hydrogen-bond acceptors (Lipinski definition) is 8. The van der Waals surface area contributed by atoms with E-state index in [1.807, 2.05) is 6.26 Å². The second kappa shape index (κ2) is 13.3. The van der Waals surface area contributed by atoms with Crippen LogP contribution in [-0.4, -0.2) is 78.9 Å². The molecule has 3 atom stereocenters. The maximum absolute atomic E-state index is 13.0. The largest absolute Gasteiger partial charge is 0.350 e. The van der Waals surface area contributed by atoms with Gasteiger partial charge < -0.3 is 16.4 Å². The highest BCUT2D eigenvalue weighted by Gasteiger charge is 2.44. The Bertz CT molecular complexity index is 935. The summed E-state index contributed by atoms with van der Waals surface area (Å²) in [6.07, 6.45) is 2.29. The molecule has 0 aromatic heterocycles. The van der Waals surface area contributed by atoms with Crippen LogP contribution in [-0.2, 0) is 24.4 Å². The minimum atomic E-state index is -4.11. The zero-order valence-corrected chi connectivity index (χ0v) is 20.9. The highest BCUT2D eigenvalue weighted by atomic mass is 35.5. The van der Waals surface area contributed by atoms with Gasteiger partial charge >= 0.3 is 0 Å². The van der Waals surface area contributed by atoms with Crippen LogP contribution in [0.4, 0.5) is 0 Å². The van der Waals surface area contributed by atoms with E-state index < -0.39 is 45.9 Å². The van der Waals surface area contributed by atoms with Crippen molar-refractivity contribution in [3.8, 4) is 0 Å². The Morgan fingerprint density at radius 1 is 1.30 bits per heavy atom. The maximum Gasteiger partial charge on any atom is 0.261 e. The van der Waals surface area contributed by atoms with Gasteiger partial charge in [-0.2, -0.15) is 16.1 Å². The number of nitrogens with two attached hydrogens (primary N) is 1. The average Bonchev–Trinajstić information content (AvgIpc) is 3.20. The summed E-state index contributed by atoms with van der Waals surface area (Å²) in [5.74, 6) is -1.25. The normalized spacial score (nSPS) is 19.3. The van der Waals surface area contributed by atoms with Gasteiger partial charge in [0.1, 0.15) is 6.04 Å². The number of sulfonamides is 1. The molecule has 1 fully saturated rings. The molecule has 2 rings (SSSR count). The summed E-state index contributed by atoms with van der Waals surface area (Å²) in [7, 11) is -4.11. The molecule has 186 valence electrons. The van der Waals surface area contributed by atoms with Crippen LogP contribution >= 0.6 is 35.8 Å². The second-order valence-corrected chi connectivity index (χ2v) is 10.4. The Kier molecular flexibility index (Phi) is 11.9. The number of rotatable bonds is 10. The van der Waals surface area contributed by atoms with E-state index >= 15 is 0 Å². The molecule has 1 aliphatic rings. The van der Waals surface area contributed by atoms with E-state index in [9.17, 15) is 22.8 Å². The molecule has 0 radical (unpaired) electrons. The minimum Gasteiger partial charge on any atom is -0.350 e. The predicted molar refractivity (Wildman–Crippen MR) is 127 cm³/mol. The number of thioether (sulfide) groups is 1. The Labute approximate surface area is 207 Å². The van der Waals surface area contributed by atoms with Gasteiger partial charge in [-0.15, -0.1) is 12.4 Å². The van der Waals surface area contributed by atoms with E-state index in [1.165, 1.54) is 29.7 Å². The number of benzene rings is 1. The number of carbonyl (C=O) groups excluding carboxylic acids is 3. The van der Waals surface area contributed by atoms with Crippen LogP contribution in [0.25, 0.3) is 0 Å². The smallest absolute Gasteiger partial charge is 0.261 e. The quantitative estimate of drug-likeness (QED) is 0.198.